The fourth-order valence-electron chi connectivity index (χ4n) is 1.83. The first-order valence-corrected chi connectivity index (χ1v) is 6.09. The van der Waals surface area contributed by atoms with Gasteiger partial charge in [0.25, 0.3) is 0 Å². The van der Waals surface area contributed by atoms with E-state index in [0.717, 1.165) is 16.9 Å². The summed E-state index contributed by atoms with van der Waals surface area (Å²) in [7, 11) is 0. The summed E-state index contributed by atoms with van der Waals surface area (Å²) in [5.41, 5.74) is 8.81. The van der Waals surface area contributed by atoms with Gasteiger partial charge in [0.15, 0.2) is 0 Å². The summed E-state index contributed by atoms with van der Waals surface area (Å²) in [6, 6.07) is 8.98. The molecule has 0 saturated heterocycles. The van der Waals surface area contributed by atoms with Gasteiger partial charge in [0.1, 0.15) is 5.65 Å². The highest BCUT2D eigenvalue weighted by atomic mass is 35.5. The van der Waals surface area contributed by atoms with E-state index in [1.54, 1.807) is 18.2 Å². The number of benzene rings is 1. The van der Waals surface area contributed by atoms with Crippen LogP contribution >= 0.6 is 23.2 Å². The maximum absolute atomic E-state index is 6.16. The van der Waals surface area contributed by atoms with Crippen LogP contribution in [0.15, 0.2) is 42.7 Å². The van der Waals surface area contributed by atoms with Crippen molar-refractivity contribution in [1.82, 2.24) is 9.38 Å². The van der Waals surface area contributed by atoms with Crippen molar-refractivity contribution in [3.63, 3.8) is 0 Å². The molecule has 0 amide bonds. The Labute approximate surface area is 114 Å². The van der Waals surface area contributed by atoms with Gasteiger partial charge in [-0.1, -0.05) is 23.2 Å². The van der Waals surface area contributed by atoms with E-state index in [2.05, 4.69) is 4.98 Å². The maximum Gasteiger partial charge on any atom is 0.137 e. The third kappa shape index (κ3) is 1.92. The molecular formula is C13H9Cl2N3. The smallest absolute Gasteiger partial charge is 0.137 e. The van der Waals surface area contributed by atoms with E-state index in [1.807, 2.05) is 28.9 Å². The normalized spacial score (nSPS) is 11.0. The molecule has 0 aliphatic rings. The van der Waals surface area contributed by atoms with Crippen molar-refractivity contribution in [2.24, 2.45) is 0 Å². The highest BCUT2D eigenvalue weighted by molar-refractivity contribution is 6.35. The van der Waals surface area contributed by atoms with Crippen LogP contribution in [0.1, 0.15) is 0 Å². The Morgan fingerprint density at radius 1 is 1.06 bits per heavy atom. The standard InChI is InChI=1S/C13H9Cl2N3/c14-8-1-3-11(15)10(5-8)12-7-18-6-9(16)2-4-13(18)17-12/h1-7H,16H2. The van der Waals surface area contributed by atoms with E-state index in [4.69, 9.17) is 28.9 Å². The summed E-state index contributed by atoms with van der Waals surface area (Å²) in [4.78, 5) is 4.49. The van der Waals surface area contributed by atoms with E-state index in [1.165, 1.54) is 0 Å². The summed E-state index contributed by atoms with van der Waals surface area (Å²) in [6.45, 7) is 0. The van der Waals surface area contributed by atoms with Gasteiger partial charge in [-0.15, -0.1) is 0 Å². The minimum Gasteiger partial charge on any atom is -0.398 e. The van der Waals surface area contributed by atoms with Crippen molar-refractivity contribution in [3.05, 3.63) is 52.8 Å². The first-order valence-electron chi connectivity index (χ1n) is 5.33. The molecule has 3 nitrogen and oxygen atoms in total. The van der Waals surface area contributed by atoms with Crippen LogP contribution in [0.4, 0.5) is 5.69 Å². The predicted molar refractivity (Wildman–Crippen MR) is 75.1 cm³/mol. The third-order valence-electron chi connectivity index (χ3n) is 2.68. The van der Waals surface area contributed by atoms with E-state index >= 15 is 0 Å². The summed E-state index contributed by atoms with van der Waals surface area (Å²) < 4.78 is 1.86. The number of hydrogen-bond donors (Lipinski definition) is 1. The summed E-state index contributed by atoms with van der Waals surface area (Å²) >= 11 is 12.1. The number of aromatic nitrogens is 2. The molecule has 3 rings (SSSR count). The Morgan fingerprint density at radius 2 is 1.89 bits per heavy atom. The molecule has 0 radical (unpaired) electrons. The van der Waals surface area contributed by atoms with Crippen LogP contribution in [-0.4, -0.2) is 9.38 Å². The Kier molecular flexibility index (Phi) is 2.65. The Morgan fingerprint density at radius 3 is 2.72 bits per heavy atom. The Bertz CT molecular complexity index is 734. The van der Waals surface area contributed by atoms with E-state index in [0.29, 0.717) is 15.7 Å². The minimum atomic E-state index is 0.621. The molecule has 0 bridgehead atoms. The second kappa shape index (κ2) is 4.19. The number of halogens is 2. The van der Waals surface area contributed by atoms with Crippen LogP contribution < -0.4 is 5.73 Å². The monoisotopic (exact) mass is 277 g/mol. The second-order valence-electron chi connectivity index (χ2n) is 3.98. The SMILES string of the molecule is Nc1ccc2nc(-c3cc(Cl)ccc3Cl)cn2c1. The molecule has 0 aliphatic carbocycles. The number of nitrogens with zero attached hydrogens (tertiary/aromatic N) is 2. The zero-order chi connectivity index (χ0) is 12.7. The van der Waals surface area contributed by atoms with E-state index in [-0.39, 0.29) is 0 Å². The molecule has 3 aromatic rings. The molecule has 2 heterocycles. The van der Waals surface area contributed by atoms with Crippen LogP contribution in [0.25, 0.3) is 16.9 Å². The first-order chi connectivity index (χ1) is 8.63. The minimum absolute atomic E-state index is 0.621. The largest absolute Gasteiger partial charge is 0.398 e. The van der Waals surface area contributed by atoms with E-state index in [9.17, 15) is 0 Å². The maximum atomic E-state index is 6.16. The lowest BCUT2D eigenvalue weighted by molar-refractivity contribution is 1.19. The average Bonchev–Trinajstić information content (AvgIpc) is 2.74. The molecule has 1 aromatic carbocycles. The fraction of sp³-hybridized carbons (Fsp3) is 0. The second-order valence-corrected chi connectivity index (χ2v) is 4.82. The molecule has 5 heteroatoms. The van der Waals surface area contributed by atoms with Gasteiger partial charge in [0.2, 0.25) is 0 Å². The molecular weight excluding hydrogens is 269 g/mol. The number of nitrogens with two attached hydrogens (primary N) is 1. The molecule has 0 spiro atoms. The number of imidazole rings is 1. The number of hydrogen-bond acceptors (Lipinski definition) is 2. The van der Waals surface area contributed by atoms with Gasteiger partial charge >= 0.3 is 0 Å². The van der Waals surface area contributed by atoms with Crippen LogP contribution in [-0.2, 0) is 0 Å². The molecule has 0 unspecified atom stereocenters. The van der Waals surface area contributed by atoms with Crippen molar-refractivity contribution in [3.8, 4) is 11.3 Å². The lowest BCUT2D eigenvalue weighted by Crippen LogP contribution is -1.88. The molecule has 0 saturated carbocycles. The zero-order valence-electron chi connectivity index (χ0n) is 9.27. The fourth-order valence-corrected chi connectivity index (χ4v) is 2.22. The van der Waals surface area contributed by atoms with Gasteiger partial charge in [-0.3, -0.25) is 0 Å². The van der Waals surface area contributed by atoms with Gasteiger partial charge in [0, 0.05) is 28.7 Å². The third-order valence-corrected chi connectivity index (χ3v) is 3.24. The van der Waals surface area contributed by atoms with Gasteiger partial charge in [0.05, 0.1) is 10.7 Å². The number of fused-ring (bicyclic) bond motifs is 1. The summed E-state index contributed by atoms with van der Waals surface area (Å²) in [6.07, 6.45) is 3.69. The molecule has 18 heavy (non-hydrogen) atoms. The number of nitrogen functional groups attached to an aromatic ring is 1. The molecule has 2 aromatic heterocycles. The van der Waals surface area contributed by atoms with Crippen molar-refractivity contribution < 1.29 is 0 Å². The molecule has 0 aliphatic heterocycles. The van der Waals surface area contributed by atoms with Crippen molar-refractivity contribution in [1.29, 1.82) is 0 Å². The zero-order valence-corrected chi connectivity index (χ0v) is 10.8. The lowest BCUT2D eigenvalue weighted by Gasteiger charge is -2.00. The van der Waals surface area contributed by atoms with Crippen LogP contribution in [0.3, 0.4) is 0 Å². The van der Waals surface area contributed by atoms with E-state index < -0.39 is 0 Å². The predicted octanol–water partition coefficient (Wildman–Crippen LogP) is 3.89. The topological polar surface area (TPSA) is 43.3 Å². The Balaban J connectivity index is 2.22. The number of pyridine rings is 1. The molecule has 0 atom stereocenters. The number of rotatable bonds is 1. The quantitative estimate of drug-likeness (QED) is 0.733. The van der Waals surface area contributed by atoms with Gasteiger partial charge in [-0.25, -0.2) is 4.98 Å². The van der Waals surface area contributed by atoms with Crippen LogP contribution in [0, 0.1) is 0 Å². The van der Waals surface area contributed by atoms with Crippen molar-refractivity contribution >= 4 is 34.5 Å². The van der Waals surface area contributed by atoms with Crippen molar-refractivity contribution in [2.75, 3.05) is 5.73 Å². The van der Waals surface area contributed by atoms with Gasteiger partial charge in [-0.05, 0) is 30.3 Å². The molecule has 2 N–H and O–H groups in total. The lowest BCUT2D eigenvalue weighted by atomic mass is 10.2. The van der Waals surface area contributed by atoms with Gasteiger partial charge in [-0.2, -0.15) is 0 Å². The summed E-state index contributed by atoms with van der Waals surface area (Å²) in [5, 5.41) is 1.25. The highest BCUT2D eigenvalue weighted by Crippen LogP contribution is 2.30. The number of anilines is 1. The average molecular weight is 278 g/mol. The van der Waals surface area contributed by atoms with Crippen LogP contribution in [0.5, 0.6) is 0 Å². The first kappa shape index (κ1) is 11.4. The molecule has 90 valence electrons. The molecule has 0 fully saturated rings. The van der Waals surface area contributed by atoms with Gasteiger partial charge < -0.3 is 10.1 Å². The van der Waals surface area contributed by atoms with Crippen molar-refractivity contribution in [2.45, 2.75) is 0 Å². The Hall–Kier alpha value is -1.71. The van der Waals surface area contributed by atoms with Crippen LogP contribution in [0.2, 0.25) is 10.0 Å². The highest BCUT2D eigenvalue weighted by Gasteiger charge is 2.09. The summed E-state index contributed by atoms with van der Waals surface area (Å²) in [5.74, 6) is 0.